The van der Waals surface area contributed by atoms with E-state index in [1.807, 2.05) is 23.0 Å². The first-order valence-electron chi connectivity index (χ1n) is 6.33. The molecule has 1 aromatic heterocycles. The number of ether oxygens (including phenoxy) is 1. The van der Waals surface area contributed by atoms with Crippen molar-refractivity contribution in [3.05, 3.63) is 24.0 Å². The highest BCUT2D eigenvalue weighted by Crippen LogP contribution is 2.18. The molecule has 104 valence electrons. The molecule has 2 rings (SSSR count). The molecule has 6 nitrogen and oxygen atoms in total. The van der Waals surface area contributed by atoms with Crippen molar-refractivity contribution in [3.63, 3.8) is 0 Å². The highest BCUT2D eigenvalue weighted by atomic mass is 16.5. The number of cyclic esters (lactones) is 1. The summed E-state index contributed by atoms with van der Waals surface area (Å²) in [5.41, 5.74) is 5.99. The van der Waals surface area contributed by atoms with Gasteiger partial charge in [-0.15, -0.1) is 0 Å². The van der Waals surface area contributed by atoms with Crippen LogP contribution in [0.5, 0.6) is 0 Å². The molecule has 1 aliphatic rings. The molecule has 2 unspecified atom stereocenters. The van der Waals surface area contributed by atoms with Crippen molar-refractivity contribution in [2.75, 3.05) is 0 Å². The number of rotatable bonds is 5. The summed E-state index contributed by atoms with van der Waals surface area (Å²) in [6.07, 6.45) is 4.33. The van der Waals surface area contributed by atoms with Crippen LogP contribution < -0.4 is 5.73 Å². The van der Waals surface area contributed by atoms with Gasteiger partial charge in [0.25, 0.3) is 0 Å². The number of aryl methyl sites for hydroxylation is 1. The molecule has 1 saturated heterocycles. The molecule has 1 amide bonds. The number of nitrogens with two attached hydrogens (primary N) is 1. The number of aromatic nitrogens is 1. The second-order valence-electron chi connectivity index (χ2n) is 4.89. The van der Waals surface area contributed by atoms with Crippen LogP contribution in [-0.4, -0.2) is 33.8 Å². The summed E-state index contributed by atoms with van der Waals surface area (Å²) in [6, 6.07) is 1.84. The molecule has 6 heteroatoms. The minimum absolute atomic E-state index is 0.0861. The lowest BCUT2D eigenvalue weighted by atomic mass is 10.0. The summed E-state index contributed by atoms with van der Waals surface area (Å²) >= 11 is 0. The third kappa shape index (κ3) is 4.10. The molecule has 0 spiro atoms. The summed E-state index contributed by atoms with van der Waals surface area (Å²) in [7, 11) is 0. The first-order chi connectivity index (χ1) is 9.02. The van der Waals surface area contributed by atoms with Crippen LogP contribution in [0.25, 0.3) is 0 Å². The fraction of sp³-hybridized carbons (Fsp3) is 0.538. The lowest BCUT2D eigenvalue weighted by Crippen LogP contribution is -2.33. The monoisotopic (exact) mass is 266 g/mol. The maximum absolute atomic E-state index is 11.2. The molecule has 0 radical (unpaired) electrons. The Kier molecular flexibility index (Phi) is 4.21. The highest BCUT2D eigenvalue weighted by Gasteiger charge is 2.26. The van der Waals surface area contributed by atoms with E-state index in [-0.39, 0.29) is 30.8 Å². The van der Waals surface area contributed by atoms with Gasteiger partial charge in [0.1, 0.15) is 6.10 Å². The number of carbonyl (C=O) groups excluding carboxylic acids is 2. The van der Waals surface area contributed by atoms with Crippen LogP contribution in [0, 0.1) is 0 Å². The Balaban J connectivity index is 1.83. The number of esters is 1. The van der Waals surface area contributed by atoms with Crippen LogP contribution in [0.2, 0.25) is 0 Å². The van der Waals surface area contributed by atoms with E-state index in [1.54, 1.807) is 0 Å². The molecule has 2 heterocycles. The van der Waals surface area contributed by atoms with Gasteiger partial charge in [0.05, 0.1) is 18.9 Å². The summed E-state index contributed by atoms with van der Waals surface area (Å²) in [6.45, 7) is 0.670. The van der Waals surface area contributed by atoms with Gasteiger partial charge in [-0.2, -0.15) is 0 Å². The van der Waals surface area contributed by atoms with Gasteiger partial charge in [-0.1, -0.05) is 0 Å². The maximum Gasteiger partial charge on any atom is 0.308 e. The predicted octanol–water partition coefficient (Wildman–Crippen LogP) is -0.0275. The van der Waals surface area contributed by atoms with Crippen molar-refractivity contribution in [2.45, 2.75) is 44.4 Å². The molecule has 2 atom stereocenters. The quantitative estimate of drug-likeness (QED) is 0.732. The minimum Gasteiger partial charge on any atom is -0.462 e. The number of nitrogens with zero attached hydrogens (tertiary/aromatic N) is 1. The second kappa shape index (κ2) is 5.88. The first kappa shape index (κ1) is 13.6. The third-order valence-corrected chi connectivity index (χ3v) is 3.13. The maximum atomic E-state index is 11.2. The highest BCUT2D eigenvalue weighted by molar-refractivity contribution is 5.76. The van der Waals surface area contributed by atoms with Crippen LogP contribution >= 0.6 is 0 Å². The van der Waals surface area contributed by atoms with Gasteiger partial charge in [-0.3, -0.25) is 9.59 Å². The number of hydrogen-bond acceptors (Lipinski definition) is 4. The van der Waals surface area contributed by atoms with Gasteiger partial charge < -0.3 is 20.1 Å². The summed E-state index contributed by atoms with van der Waals surface area (Å²) in [5.74, 6) is -0.701. The average molecular weight is 266 g/mol. The molecule has 0 bridgehead atoms. The number of amides is 1. The SMILES string of the molecule is NC(=O)Cc1ccn(CCC2CC(O)CC(=O)O2)c1. The van der Waals surface area contributed by atoms with E-state index in [0.29, 0.717) is 19.4 Å². The van der Waals surface area contributed by atoms with Crippen molar-refractivity contribution >= 4 is 11.9 Å². The predicted molar refractivity (Wildman–Crippen MR) is 67.1 cm³/mol. The smallest absolute Gasteiger partial charge is 0.308 e. The number of carbonyl (C=O) groups is 2. The van der Waals surface area contributed by atoms with Crippen molar-refractivity contribution < 1.29 is 19.4 Å². The zero-order valence-corrected chi connectivity index (χ0v) is 10.6. The van der Waals surface area contributed by atoms with Crippen LogP contribution in [0.1, 0.15) is 24.8 Å². The number of aliphatic hydroxyl groups is 1. The molecular weight excluding hydrogens is 248 g/mol. The van der Waals surface area contributed by atoms with Gasteiger partial charge in [0.2, 0.25) is 5.91 Å². The molecule has 1 aliphatic heterocycles. The van der Waals surface area contributed by atoms with Crippen molar-refractivity contribution in [1.82, 2.24) is 4.57 Å². The third-order valence-electron chi connectivity index (χ3n) is 3.13. The summed E-state index contributed by atoms with van der Waals surface area (Å²) < 4.78 is 7.09. The van der Waals surface area contributed by atoms with Crippen LogP contribution in [0.15, 0.2) is 18.5 Å². The van der Waals surface area contributed by atoms with Gasteiger partial charge in [-0.05, 0) is 11.6 Å². The van der Waals surface area contributed by atoms with Crippen LogP contribution in [-0.2, 0) is 27.3 Å². The van der Waals surface area contributed by atoms with Crippen LogP contribution in [0.4, 0.5) is 0 Å². The normalized spacial score (nSPS) is 23.1. The van der Waals surface area contributed by atoms with Gasteiger partial charge in [-0.25, -0.2) is 0 Å². The van der Waals surface area contributed by atoms with Crippen molar-refractivity contribution in [2.24, 2.45) is 5.73 Å². The van der Waals surface area contributed by atoms with E-state index >= 15 is 0 Å². The first-order valence-corrected chi connectivity index (χ1v) is 6.33. The Hall–Kier alpha value is -1.82. The molecule has 0 saturated carbocycles. The Morgan fingerprint density at radius 2 is 2.37 bits per heavy atom. The Bertz CT molecular complexity index is 469. The van der Waals surface area contributed by atoms with Gasteiger partial charge >= 0.3 is 5.97 Å². The zero-order chi connectivity index (χ0) is 13.8. The Morgan fingerprint density at radius 3 is 3.05 bits per heavy atom. The van der Waals surface area contributed by atoms with E-state index < -0.39 is 6.10 Å². The fourth-order valence-corrected chi connectivity index (χ4v) is 2.27. The molecule has 3 N–H and O–H groups in total. The molecule has 0 aliphatic carbocycles. The number of primary amides is 1. The lowest BCUT2D eigenvalue weighted by molar-refractivity contribution is -0.160. The van der Waals surface area contributed by atoms with E-state index in [0.717, 1.165) is 5.56 Å². The fourth-order valence-electron chi connectivity index (χ4n) is 2.27. The molecule has 1 fully saturated rings. The largest absolute Gasteiger partial charge is 0.462 e. The topological polar surface area (TPSA) is 94.5 Å². The van der Waals surface area contributed by atoms with Gasteiger partial charge in [0, 0.05) is 31.8 Å². The second-order valence-corrected chi connectivity index (χ2v) is 4.89. The van der Waals surface area contributed by atoms with Gasteiger partial charge in [0.15, 0.2) is 0 Å². The molecular formula is C13H18N2O4. The molecule has 19 heavy (non-hydrogen) atoms. The van der Waals surface area contributed by atoms with E-state index in [4.69, 9.17) is 10.5 Å². The van der Waals surface area contributed by atoms with E-state index in [2.05, 4.69) is 0 Å². The molecule has 0 aromatic carbocycles. The standard InChI is InChI=1S/C13H18N2O4/c14-12(17)5-9-1-3-15(8-9)4-2-11-6-10(16)7-13(18)19-11/h1,3,8,10-11,16H,2,4-7H2,(H2,14,17). The van der Waals surface area contributed by atoms with Crippen LogP contribution in [0.3, 0.4) is 0 Å². The van der Waals surface area contributed by atoms with E-state index in [9.17, 15) is 14.7 Å². The Labute approximate surface area is 111 Å². The minimum atomic E-state index is -0.596. The molecule has 1 aromatic rings. The average Bonchev–Trinajstić information content (AvgIpc) is 2.72. The number of aliphatic hydroxyl groups excluding tert-OH is 1. The lowest BCUT2D eigenvalue weighted by Gasteiger charge is -2.25. The van der Waals surface area contributed by atoms with Crippen molar-refractivity contribution in [3.8, 4) is 0 Å². The summed E-state index contributed by atoms with van der Waals surface area (Å²) in [5, 5.41) is 9.49. The zero-order valence-electron chi connectivity index (χ0n) is 10.6. The van der Waals surface area contributed by atoms with E-state index in [1.165, 1.54) is 0 Å². The van der Waals surface area contributed by atoms with Crippen molar-refractivity contribution in [1.29, 1.82) is 0 Å². The Morgan fingerprint density at radius 1 is 1.58 bits per heavy atom. The summed E-state index contributed by atoms with van der Waals surface area (Å²) in [4.78, 5) is 22.0. The number of hydrogen-bond donors (Lipinski definition) is 2.